The van der Waals surface area contributed by atoms with Gasteiger partial charge < -0.3 is 19.4 Å². The van der Waals surface area contributed by atoms with E-state index in [2.05, 4.69) is 41.5 Å². The molecule has 1 heterocycles. The smallest absolute Gasteiger partial charge is 0.339 e. The zero-order chi connectivity index (χ0) is 25.5. The summed E-state index contributed by atoms with van der Waals surface area (Å²) in [4.78, 5) is 24.3. The fourth-order valence-electron chi connectivity index (χ4n) is 3.39. The van der Waals surface area contributed by atoms with Gasteiger partial charge in [0.25, 0.3) is 0 Å². The highest BCUT2D eigenvalue weighted by Gasteiger charge is 2.20. The quantitative estimate of drug-likeness (QED) is 0.271. The van der Waals surface area contributed by atoms with Gasteiger partial charge in [-0.3, -0.25) is 4.79 Å². The van der Waals surface area contributed by atoms with Crippen LogP contribution in [0.2, 0.25) is 5.02 Å². The maximum atomic E-state index is 12.5. The van der Waals surface area contributed by atoms with Crippen molar-refractivity contribution >= 4 is 40.9 Å². The number of nitrogens with one attached hydrogen (secondary N) is 1. The Kier molecular flexibility index (Phi) is 9.17. The molecular weight excluding hydrogens is 488 g/mol. The number of hydrogen-bond donors (Lipinski definition) is 1. The fraction of sp³-hybridized carbons (Fsp3) is 0.360. The molecule has 186 valence electrons. The second-order valence-corrected chi connectivity index (χ2v) is 9.44. The summed E-state index contributed by atoms with van der Waals surface area (Å²) in [7, 11) is 1.27. The minimum Gasteiger partial charge on any atom is -0.483 e. The van der Waals surface area contributed by atoms with Crippen LogP contribution in [0.1, 0.15) is 61.5 Å². The van der Waals surface area contributed by atoms with Crippen LogP contribution in [0.4, 0.5) is 5.69 Å². The van der Waals surface area contributed by atoms with E-state index in [1.54, 1.807) is 6.07 Å². The lowest BCUT2D eigenvalue weighted by Crippen LogP contribution is -2.16. The summed E-state index contributed by atoms with van der Waals surface area (Å²) in [6, 6.07) is 12.7. The first kappa shape index (κ1) is 26.6. The Morgan fingerprint density at radius 3 is 2.46 bits per heavy atom. The van der Waals surface area contributed by atoms with Crippen molar-refractivity contribution in [1.82, 2.24) is 14.8 Å². The van der Waals surface area contributed by atoms with E-state index in [-0.39, 0.29) is 28.4 Å². The molecule has 3 aromatic rings. The lowest BCUT2D eigenvalue weighted by Gasteiger charge is -2.16. The van der Waals surface area contributed by atoms with Crippen LogP contribution < -0.4 is 10.1 Å². The predicted octanol–water partition coefficient (Wildman–Crippen LogP) is 5.73. The number of esters is 1. The van der Waals surface area contributed by atoms with Gasteiger partial charge in [0, 0.05) is 12.2 Å². The van der Waals surface area contributed by atoms with Gasteiger partial charge in [-0.15, -0.1) is 10.2 Å². The highest BCUT2D eigenvalue weighted by Crippen LogP contribution is 2.26. The molecule has 0 radical (unpaired) electrons. The zero-order valence-electron chi connectivity index (χ0n) is 20.4. The van der Waals surface area contributed by atoms with Crippen molar-refractivity contribution in [2.24, 2.45) is 0 Å². The summed E-state index contributed by atoms with van der Waals surface area (Å²) in [6.07, 6.45) is -0.318. The molecule has 2 aromatic carbocycles. The Morgan fingerprint density at radius 2 is 1.83 bits per heavy atom. The van der Waals surface area contributed by atoms with Crippen molar-refractivity contribution in [3.05, 3.63) is 64.4 Å². The van der Waals surface area contributed by atoms with Crippen LogP contribution in [0.15, 0.2) is 47.6 Å². The molecule has 3 rings (SSSR count). The Bertz CT molecular complexity index is 1180. The molecule has 0 saturated carbocycles. The molecule has 1 N–H and O–H groups in total. The summed E-state index contributed by atoms with van der Waals surface area (Å²) in [6.45, 7) is 8.84. The van der Waals surface area contributed by atoms with Crippen LogP contribution in [-0.2, 0) is 16.1 Å². The normalized spacial score (nSPS) is 11.9. The number of hydrogen-bond acceptors (Lipinski definition) is 7. The van der Waals surface area contributed by atoms with Crippen molar-refractivity contribution in [3.8, 4) is 5.75 Å². The summed E-state index contributed by atoms with van der Waals surface area (Å²) in [5.41, 5.74) is 1.88. The van der Waals surface area contributed by atoms with Gasteiger partial charge in [0.2, 0.25) is 5.91 Å². The number of carbonyl (C=O) groups excluding carboxylic acids is 2. The van der Waals surface area contributed by atoms with E-state index < -0.39 is 5.97 Å². The number of rotatable bonds is 10. The van der Waals surface area contributed by atoms with Crippen molar-refractivity contribution in [2.75, 3.05) is 18.2 Å². The number of methoxy groups -OCH3 is 1. The Hall–Kier alpha value is -3.04. The number of carbonyl (C=O) groups is 2. The molecule has 0 aliphatic heterocycles. The molecule has 8 nitrogen and oxygen atoms in total. The van der Waals surface area contributed by atoms with E-state index in [1.165, 1.54) is 36.6 Å². The van der Waals surface area contributed by atoms with Crippen LogP contribution in [0.3, 0.4) is 0 Å². The zero-order valence-corrected chi connectivity index (χ0v) is 21.9. The molecule has 0 spiro atoms. The molecule has 35 heavy (non-hydrogen) atoms. The fourth-order valence-corrected chi connectivity index (χ4v) is 4.39. The van der Waals surface area contributed by atoms with Crippen LogP contribution >= 0.6 is 23.4 Å². The molecule has 0 fully saturated rings. The SMILES string of the molecule is CCn1c(SCC(=O)Nc2ccc(Cl)c(C(=O)OC)c2)nnc1C(C)Oc1ccc(C(C)C)cc1. The van der Waals surface area contributed by atoms with Crippen LogP contribution in [0, 0.1) is 0 Å². The number of halogens is 1. The third-order valence-corrected chi connectivity index (χ3v) is 6.57. The van der Waals surface area contributed by atoms with Gasteiger partial charge >= 0.3 is 5.97 Å². The van der Waals surface area contributed by atoms with Crippen LogP contribution in [0.5, 0.6) is 5.75 Å². The number of thioether (sulfide) groups is 1. The standard InChI is InChI=1S/C25H29ClN4O4S/c1-6-30-23(16(4)34-19-10-7-17(8-11-19)15(2)3)28-29-25(30)35-14-22(31)27-18-9-12-21(26)20(13-18)24(32)33-5/h7-13,15-16H,6,14H2,1-5H3,(H,27,31). The number of aromatic nitrogens is 3. The number of amides is 1. The van der Waals surface area contributed by atoms with Crippen molar-refractivity contribution in [1.29, 1.82) is 0 Å². The first-order valence-corrected chi connectivity index (χ1v) is 12.6. The molecule has 1 amide bonds. The molecule has 0 aliphatic carbocycles. The van der Waals surface area contributed by atoms with Gasteiger partial charge in [-0.25, -0.2) is 4.79 Å². The summed E-state index contributed by atoms with van der Waals surface area (Å²) < 4.78 is 12.7. The average Bonchev–Trinajstić information content (AvgIpc) is 3.27. The molecular formula is C25H29ClN4O4S. The number of anilines is 1. The van der Waals surface area contributed by atoms with Gasteiger partial charge in [-0.1, -0.05) is 49.3 Å². The minimum absolute atomic E-state index is 0.111. The largest absolute Gasteiger partial charge is 0.483 e. The average molecular weight is 517 g/mol. The minimum atomic E-state index is -0.573. The summed E-state index contributed by atoms with van der Waals surface area (Å²) in [5, 5.41) is 12.2. The summed E-state index contributed by atoms with van der Waals surface area (Å²) >= 11 is 7.30. The van der Waals surface area contributed by atoms with Crippen molar-refractivity contribution < 1.29 is 19.1 Å². The van der Waals surface area contributed by atoms with Crippen LogP contribution in [0.25, 0.3) is 0 Å². The lowest BCUT2D eigenvalue weighted by atomic mass is 10.0. The Morgan fingerprint density at radius 1 is 1.11 bits per heavy atom. The third kappa shape index (κ3) is 6.76. The maximum Gasteiger partial charge on any atom is 0.339 e. The molecule has 10 heteroatoms. The highest BCUT2D eigenvalue weighted by molar-refractivity contribution is 7.99. The second-order valence-electron chi connectivity index (χ2n) is 8.09. The lowest BCUT2D eigenvalue weighted by molar-refractivity contribution is -0.113. The van der Waals surface area contributed by atoms with E-state index in [0.29, 0.717) is 29.1 Å². The molecule has 1 aromatic heterocycles. The number of benzene rings is 2. The summed E-state index contributed by atoms with van der Waals surface area (Å²) in [5.74, 6) is 1.18. The van der Waals surface area contributed by atoms with E-state index in [1.807, 2.05) is 30.5 Å². The first-order chi connectivity index (χ1) is 16.7. The Balaban J connectivity index is 1.63. The third-order valence-electron chi connectivity index (χ3n) is 5.27. The van der Waals surface area contributed by atoms with Gasteiger partial charge in [0.05, 0.1) is 23.4 Å². The second kappa shape index (κ2) is 12.1. The monoisotopic (exact) mass is 516 g/mol. The van der Waals surface area contributed by atoms with Crippen molar-refractivity contribution in [3.63, 3.8) is 0 Å². The Labute approximate surface area is 214 Å². The van der Waals surface area contributed by atoms with Gasteiger partial charge in [-0.05, 0) is 55.7 Å². The van der Waals surface area contributed by atoms with Crippen LogP contribution in [-0.4, -0.2) is 39.5 Å². The van der Waals surface area contributed by atoms with Gasteiger partial charge in [-0.2, -0.15) is 0 Å². The van der Waals surface area contributed by atoms with E-state index in [9.17, 15) is 9.59 Å². The number of nitrogens with zero attached hydrogens (tertiary/aromatic N) is 3. The van der Waals surface area contributed by atoms with E-state index in [0.717, 1.165) is 5.75 Å². The molecule has 1 unspecified atom stereocenters. The van der Waals surface area contributed by atoms with E-state index in [4.69, 9.17) is 21.1 Å². The van der Waals surface area contributed by atoms with E-state index >= 15 is 0 Å². The topological polar surface area (TPSA) is 95.3 Å². The molecule has 0 aliphatic rings. The predicted molar refractivity (Wildman–Crippen MR) is 137 cm³/mol. The molecule has 0 bridgehead atoms. The first-order valence-electron chi connectivity index (χ1n) is 11.2. The van der Waals surface area contributed by atoms with Gasteiger partial charge in [0.1, 0.15) is 5.75 Å². The van der Waals surface area contributed by atoms with Crippen molar-refractivity contribution in [2.45, 2.75) is 51.4 Å². The maximum absolute atomic E-state index is 12.5. The number of ether oxygens (including phenoxy) is 2. The highest BCUT2D eigenvalue weighted by atomic mass is 35.5. The van der Waals surface area contributed by atoms with Gasteiger partial charge in [0.15, 0.2) is 17.1 Å². The molecule has 0 saturated heterocycles. The molecule has 1 atom stereocenters.